The number of hydrogen-bond donors (Lipinski definition) is 2. The zero-order chi connectivity index (χ0) is 17.6. The second-order valence-electron chi connectivity index (χ2n) is 5.01. The summed E-state index contributed by atoms with van der Waals surface area (Å²) in [6.07, 6.45) is -3.18. The van der Waals surface area contributed by atoms with Crippen molar-refractivity contribution in [1.82, 2.24) is 4.90 Å². The van der Waals surface area contributed by atoms with Crippen LogP contribution >= 0.6 is 0 Å². The minimum atomic E-state index is -4.60. The van der Waals surface area contributed by atoms with Crippen LogP contribution in [0.1, 0.15) is 5.56 Å². The molecule has 0 aliphatic heterocycles. The number of anilines is 2. The molecule has 0 bridgehead atoms. The minimum Gasteiger partial charge on any atom is -0.395 e. The van der Waals surface area contributed by atoms with Gasteiger partial charge in [-0.25, -0.2) is 4.79 Å². The van der Waals surface area contributed by atoms with Gasteiger partial charge in [0.05, 0.1) is 17.9 Å². The second kappa shape index (κ2) is 7.87. The first kappa shape index (κ1) is 18.8. The molecule has 0 saturated carbocycles. The largest absolute Gasteiger partial charge is 0.418 e. The number of halogens is 3. The Balaban J connectivity index is 3.11. The lowest BCUT2D eigenvalue weighted by atomic mass is 10.1. The number of nitrogens with zero attached hydrogens (tertiary/aromatic N) is 2. The fourth-order valence-corrected chi connectivity index (χ4v) is 1.90. The van der Waals surface area contributed by atoms with Crippen molar-refractivity contribution in [2.75, 3.05) is 44.0 Å². The van der Waals surface area contributed by atoms with Crippen molar-refractivity contribution in [2.45, 2.75) is 6.18 Å². The predicted molar refractivity (Wildman–Crippen MR) is 83.6 cm³/mol. The molecule has 1 rings (SSSR count). The molecule has 0 aromatic heterocycles. The number of carbonyl (C=O) groups excluding carboxylic acids is 1. The Morgan fingerprint density at radius 1 is 1.39 bits per heavy atom. The van der Waals surface area contributed by atoms with E-state index in [0.29, 0.717) is 5.69 Å². The van der Waals surface area contributed by atoms with Crippen LogP contribution in [0.25, 0.3) is 0 Å². The maximum absolute atomic E-state index is 13.2. The Kier molecular flexibility index (Phi) is 6.44. The average molecular weight is 331 g/mol. The van der Waals surface area contributed by atoms with Crippen LogP contribution in [0.5, 0.6) is 0 Å². The van der Waals surface area contributed by atoms with Gasteiger partial charge in [-0.1, -0.05) is 6.08 Å². The number of rotatable bonds is 6. The third-order valence-electron chi connectivity index (χ3n) is 3.07. The highest BCUT2D eigenvalue weighted by Gasteiger charge is 2.34. The fraction of sp³-hybridized carbons (Fsp3) is 0.400. The Bertz CT molecular complexity index is 559. The highest BCUT2D eigenvalue weighted by Crippen LogP contribution is 2.37. The summed E-state index contributed by atoms with van der Waals surface area (Å²) >= 11 is 0. The van der Waals surface area contributed by atoms with Gasteiger partial charge >= 0.3 is 12.2 Å². The average Bonchev–Trinajstić information content (AvgIpc) is 2.46. The van der Waals surface area contributed by atoms with Gasteiger partial charge in [0.1, 0.15) is 0 Å². The molecule has 0 aliphatic rings. The molecule has 0 unspecified atom stereocenters. The van der Waals surface area contributed by atoms with Gasteiger partial charge in [-0.2, -0.15) is 13.2 Å². The number of aliphatic hydroxyl groups excluding tert-OH is 1. The number of aliphatic hydroxyl groups is 1. The Morgan fingerprint density at radius 2 is 2.04 bits per heavy atom. The number of amides is 2. The lowest BCUT2D eigenvalue weighted by molar-refractivity contribution is -0.136. The first-order chi connectivity index (χ1) is 10.7. The summed E-state index contributed by atoms with van der Waals surface area (Å²) < 4.78 is 39.6. The molecular formula is C15H20F3N3O2. The molecule has 5 nitrogen and oxygen atoms in total. The highest BCUT2D eigenvalue weighted by molar-refractivity contribution is 5.90. The van der Waals surface area contributed by atoms with E-state index >= 15 is 0 Å². The molecule has 0 aliphatic carbocycles. The van der Waals surface area contributed by atoms with Gasteiger partial charge in [0, 0.05) is 32.9 Å². The number of nitrogens with one attached hydrogen (secondary N) is 1. The van der Waals surface area contributed by atoms with Crippen LogP contribution in [0, 0.1) is 0 Å². The summed E-state index contributed by atoms with van der Waals surface area (Å²) in [5.41, 5.74) is -0.895. The van der Waals surface area contributed by atoms with E-state index in [-0.39, 0.29) is 25.4 Å². The van der Waals surface area contributed by atoms with Gasteiger partial charge in [-0.05, 0) is 18.2 Å². The molecule has 0 spiro atoms. The van der Waals surface area contributed by atoms with Gasteiger partial charge in [0.2, 0.25) is 0 Å². The minimum absolute atomic E-state index is 0.00497. The first-order valence-electron chi connectivity index (χ1n) is 6.87. The van der Waals surface area contributed by atoms with Crippen LogP contribution in [0.3, 0.4) is 0 Å². The summed E-state index contributed by atoms with van der Waals surface area (Å²) in [6.45, 7) is 3.28. The molecule has 0 heterocycles. The smallest absolute Gasteiger partial charge is 0.395 e. The summed E-state index contributed by atoms with van der Waals surface area (Å²) in [4.78, 5) is 14.8. The predicted octanol–water partition coefficient (Wildman–Crippen LogP) is 2.78. The van der Waals surface area contributed by atoms with E-state index in [1.165, 1.54) is 23.1 Å². The van der Waals surface area contributed by atoms with Gasteiger partial charge in [-0.15, -0.1) is 6.58 Å². The molecule has 128 valence electrons. The van der Waals surface area contributed by atoms with Crippen molar-refractivity contribution >= 4 is 17.4 Å². The SMILES string of the molecule is C=CCN(CCO)C(=O)Nc1ccc(N(C)C)cc1C(F)(F)F. The third-order valence-corrected chi connectivity index (χ3v) is 3.07. The van der Waals surface area contributed by atoms with Crippen LogP contribution in [0.2, 0.25) is 0 Å². The van der Waals surface area contributed by atoms with E-state index in [0.717, 1.165) is 11.0 Å². The van der Waals surface area contributed by atoms with E-state index in [4.69, 9.17) is 5.11 Å². The molecule has 0 fully saturated rings. The normalized spacial score (nSPS) is 11.0. The van der Waals surface area contributed by atoms with Crippen LogP contribution in [-0.2, 0) is 6.18 Å². The van der Waals surface area contributed by atoms with Gasteiger partial charge in [0.25, 0.3) is 0 Å². The van der Waals surface area contributed by atoms with Crippen molar-refractivity contribution in [3.05, 3.63) is 36.4 Å². The monoisotopic (exact) mass is 331 g/mol. The second-order valence-corrected chi connectivity index (χ2v) is 5.01. The molecule has 1 aromatic carbocycles. The van der Waals surface area contributed by atoms with E-state index in [2.05, 4.69) is 11.9 Å². The molecule has 0 atom stereocenters. The lowest BCUT2D eigenvalue weighted by Crippen LogP contribution is -2.37. The standard InChI is InChI=1S/C15H20F3N3O2/c1-4-7-21(8-9-22)14(23)19-13-6-5-11(20(2)3)10-12(13)15(16,17)18/h4-6,10,22H,1,7-9H2,2-3H3,(H,19,23). The fourth-order valence-electron chi connectivity index (χ4n) is 1.90. The van der Waals surface area contributed by atoms with E-state index in [1.54, 1.807) is 14.1 Å². The van der Waals surface area contributed by atoms with Crippen molar-refractivity contribution in [3.8, 4) is 0 Å². The molecule has 8 heteroatoms. The lowest BCUT2D eigenvalue weighted by Gasteiger charge is -2.23. The Labute approximate surface area is 133 Å². The summed E-state index contributed by atoms with van der Waals surface area (Å²) in [6, 6.07) is 2.93. The first-order valence-corrected chi connectivity index (χ1v) is 6.87. The summed E-state index contributed by atoms with van der Waals surface area (Å²) in [5, 5.41) is 11.2. The quantitative estimate of drug-likeness (QED) is 0.788. The molecule has 1 aromatic rings. The number of hydrogen-bond acceptors (Lipinski definition) is 3. The molecule has 23 heavy (non-hydrogen) atoms. The van der Waals surface area contributed by atoms with Crippen LogP contribution < -0.4 is 10.2 Å². The van der Waals surface area contributed by atoms with Gasteiger partial charge < -0.3 is 20.2 Å². The van der Waals surface area contributed by atoms with Crippen LogP contribution in [0.15, 0.2) is 30.9 Å². The number of alkyl halides is 3. The third kappa shape index (κ3) is 5.17. The van der Waals surface area contributed by atoms with E-state index in [1.807, 2.05) is 0 Å². The maximum Gasteiger partial charge on any atom is 0.418 e. The topological polar surface area (TPSA) is 55.8 Å². The summed E-state index contributed by atoms with van der Waals surface area (Å²) in [5.74, 6) is 0. The maximum atomic E-state index is 13.2. The molecule has 2 N–H and O–H groups in total. The number of urea groups is 1. The molecule has 0 saturated heterocycles. The van der Waals surface area contributed by atoms with E-state index < -0.39 is 17.8 Å². The van der Waals surface area contributed by atoms with Crippen molar-refractivity contribution in [2.24, 2.45) is 0 Å². The highest BCUT2D eigenvalue weighted by atomic mass is 19.4. The van der Waals surface area contributed by atoms with Crippen molar-refractivity contribution in [1.29, 1.82) is 0 Å². The zero-order valence-corrected chi connectivity index (χ0v) is 13.0. The van der Waals surface area contributed by atoms with Crippen molar-refractivity contribution < 1.29 is 23.1 Å². The Morgan fingerprint density at radius 3 is 2.52 bits per heavy atom. The van der Waals surface area contributed by atoms with Crippen LogP contribution in [0.4, 0.5) is 29.3 Å². The summed E-state index contributed by atoms with van der Waals surface area (Å²) in [7, 11) is 3.25. The zero-order valence-electron chi connectivity index (χ0n) is 13.0. The molecule has 0 radical (unpaired) electrons. The van der Waals surface area contributed by atoms with Gasteiger partial charge in [0.15, 0.2) is 0 Å². The Hall–Kier alpha value is -2.22. The number of benzene rings is 1. The van der Waals surface area contributed by atoms with Crippen molar-refractivity contribution in [3.63, 3.8) is 0 Å². The van der Waals surface area contributed by atoms with E-state index in [9.17, 15) is 18.0 Å². The van der Waals surface area contributed by atoms with Crippen LogP contribution in [-0.4, -0.2) is 49.8 Å². The van der Waals surface area contributed by atoms with Gasteiger partial charge in [-0.3, -0.25) is 0 Å². The molecular weight excluding hydrogens is 311 g/mol. The molecule has 2 amide bonds. The number of carbonyl (C=O) groups is 1.